The Kier molecular flexibility index (Phi) is 3.30. The van der Waals surface area contributed by atoms with Gasteiger partial charge in [-0.2, -0.15) is 0 Å². The van der Waals surface area contributed by atoms with E-state index in [1.807, 2.05) is 21.0 Å². The van der Waals surface area contributed by atoms with Gasteiger partial charge in [-0.3, -0.25) is 0 Å². The van der Waals surface area contributed by atoms with Gasteiger partial charge in [0.2, 0.25) is 0 Å². The highest BCUT2D eigenvalue weighted by atomic mass is 15.1. The average molecular weight is 246 g/mol. The molecule has 0 amide bonds. The number of anilines is 1. The average Bonchev–Trinajstić information content (AvgIpc) is 2.53. The zero-order chi connectivity index (χ0) is 13.3. The number of rotatable bonds is 4. The van der Waals surface area contributed by atoms with Gasteiger partial charge in [-0.1, -0.05) is 0 Å². The summed E-state index contributed by atoms with van der Waals surface area (Å²) >= 11 is 0. The molecule has 0 saturated heterocycles. The van der Waals surface area contributed by atoms with Gasteiger partial charge < -0.3 is 15.2 Å². The minimum Gasteiger partial charge on any atom is -0.379 e. The lowest BCUT2D eigenvalue weighted by atomic mass is 10.1. The number of imidazole rings is 1. The summed E-state index contributed by atoms with van der Waals surface area (Å²) in [5, 5.41) is 6.72. The smallest absolute Gasteiger partial charge is 0.106 e. The molecule has 98 valence electrons. The molecular formula is C14H22N4. The molecule has 0 bridgehead atoms. The number of likely N-dealkylation sites (N-methyl/N-ethyl adjacent to an activating group) is 1. The Morgan fingerprint density at radius 2 is 2.06 bits per heavy atom. The van der Waals surface area contributed by atoms with Crippen LogP contribution in [-0.4, -0.2) is 28.7 Å². The van der Waals surface area contributed by atoms with Gasteiger partial charge in [0.05, 0.1) is 11.0 Å². The molecule has 1 aromatic heterocycles. The van der Waals surface area contributed by atoms with Crippen LogP contribution >= 0.6 is 0 Å². The van der Waals surface area contributed by atoms with E-state index in [0.29, 0.717) is 0 Å². The molecule has 0 aliphatic rings. The molecule has 0 atom stereocenters. The molecule has 1 aromatic carbocycles. The summed E-state index contributed by atoms with van der Waals surface area (Å²) in [6.45, 7) is 7.29. The second-order valence-electron chi connectivity index (χ2n) is 5.46. The minimum atomic E-state index is 0.0201. The second kappa shape index (κ2) is 4.61. The normalized spacial score (nSPS) is 12.1. The van der Waals surface area contributed by atoms with Gasteiger partial charge in [-0.25, -0.2) is 4.98 Å². The van der Waals surface area contributed by atoms with Crippen LogP contribution in [0, 0.1) is 6.92 Å². The number of hydrogen-bond acceptors (Lipinski definition) is 3. The quantitative estimate of drug-likeness (QED) is 0.869. The molecule has 2 N–H and O–H groups in total. The molecule has 0 aliphatic carbocycles. The number of benzene rings is 1. The Bertz CT molecular complexity index is 554. The zero-order valence-electron chi connectivity index (χ0n) is 11.8. The number of aryl methyl sites for hydroxylation is 2. The van der Waals surface area contributed by atoms with E-state index >= 15 is 0 Å². The van der Waals surface area contributed by atoms with Gasteiger partial charge in [0.1, 0.15) is 5.82 Å². The molecule has 0 aliphatic heterocycles. The van der Waals surface area contributed by atoms with Crippen molar-refractivity contribution < 1.29 is 0 Å². The fraction of sp³-hybridized carbons (Fsp3) is 0.500. The van der Waals surface area contributed by atoms with E-state index in [2.05, 4.69) is 52.2 Å². The van der Waals surface area contributed by atoms with E-state index in [0.717, 1.165) is 23.6 Å². The second-order valence-corrected chi connectivity index (χ2v) is 5.46. The maximum atomic E-state index is 4.56. The van der Waals surface area contributed by atoms with Gasteiger partial charge in [-0.05, 0) is 46.0 Å². The predicted octanol–water partition coefficient (Wildman–Crippen LogP) is 2.29. The highest BCUT2D eigenvalue weighted by Gasteiger charge is 2.16. The zero-order valence-corrected chi connectivity index (χ0v) is 11.8. The van der Waals surface area contributed by atoms with Crippen LogP contribution in [0.1, 0.15) is 19.7 Å². The molecule has 2 rings (SSSR count). The Balaban J connectivity index is 2.30. The molecule has 0 saturated carbocycles. The van der Waals surface area contributed by atoms with Crippen LogP contribution in [0.25, 0.3) is 11.0 Å². The molecule has 4 heteroatoms. The largest absolute Gasteiger partial charge is 0.379 e. The standard InChI is InChI=1S/C14H22N4/c1-10-16-12-8-11(6-7-13(12)18(10)5)17-14(2,3)9-15-4/h6-8,15,17H,9H2,1-5H3. The number of fused-ring (bicyclic) bond motifs is 1. The maximum absolute atomic E-state index is 4.56. The molecule has 18 heavy (non-hydrogen) atoms. The van der Waals surface area contributed by atoms with Crippen LogP contribution in [0.3, 0.4) is 0 Å². The summed E-state index contributed by atoms with van der Waals surface area (Å²) in [7, 11) is 4.01. The Morgan fingerprint density at radius 3 is 2.72 bits per heavy atom. The molecule has 2 aromatic rings. The van der Waals surface area contributed by atoms with Gasteiger partial charge in [0, 0.05) is 24.8 Å². The van der Waals surface area contributed by atoms with Crippen molar-refractivity contribution in [1.29, 1.82) is 0 Å². The highest BCUT2D eigenvalue weighted by molar-refractivity contribution is 5.80. The van der Waals surface area contributed by atoms with E-state index in [1.165, 1.54) is 5.52 Å². The first-order valence-corrected chi connectivity index (χ1v) is 6.29. The molecule has 0 fully saturated rings. The van der Waals surface area contributed by atoms with Crippen LogP contribution in [0.4, 0.5) is 5.69 Å². The summed E-state index contributed by atoms with van der Waals surface area (Å²) in [6, 6.07) is 6.34. The Morgan fingerprint density at radius 1 is 1.33 bits per heavy atom. The first-order chi connectivity index (χ1) is 8.43. The lowest BCUT2D eigenvalue weighted by Crippen LogP contribution is -2.40. The Labute approximate surface area is 108 Å². The van der Waals surface area contributed by atoms with Crippen LogP contribution in [-0.2, 0) is 7.05 Å². The molecular weight excluding hydrogens is 224 g/mol. The van der Waals surface area contributed by atoms with Crippen LogP contribution in [0.2, 0.25) is 0 Å². The third-order valence-corrected chi connectivity index (χ3v) is 3.21. The summed E-state index contributed by atoms with van der Waals surface area (Å²) < 4.78 is 2.11. The third-order valence-electron chi connectivity index (χ3n) is 3.21. The lowest BCUT2D eigenvalue weighted by molar-refractivity contribution is 0.530. The SMILES string of the molecule is CNCC(C)(C)Nc1ccc2c(c1)nc(C)n2C. The third kappa shape index (κ3) is 2.48. The summed E-state index contributed by atoms with van der Waals surface area (Å²) in [5.74, 6) is 1.04. The highest BCUT2D eigenvalue weighted by Crippen LogP contribution is 2.21. The van der Waals surface area contributed by atoms with E-state index in [9.17, 15) is 0 Å². The van der Waals surface area contributed by atoms with Crippen molar-refractivity contribution in [3.05, 3.63) is 24.0 Å². The van der Waals surface area contributed by atoms with Crippen molar-refractivity contribution in [2.24, 2.45) is 7.05 Å². The van der Waals surface area contributed by atoms with Crippen molar-refractivity contribution in [3.8, 4) is 0 Å². The maximum Gasteiger partial charge on any atom is 0.106 e. The van der Waals surface area contributed by atoms with Gasteiger partial charge in [-0.15, -0.1) is 0 Å². The van der Waals surface area contributed by atoms with Crippen molar-refractivity contribution >= 4 is 16.7 Å². The number of hydrogen-bond donors (Lipinski definition) is 2. The molecule has 0 spiro atoms. The van der Waals surface area contributed by atoms with Gasteiger partial charge in [0.25, 0.3) is 0 Å². The van der Waals surface area contributed by atoms with Crippen LogP contribution < -0.4 is 10.6 Å². The predicted molar refractivity (Wildman–Crippen MR) is 77.1 cm³/mol. The van der Waals surface area contributed by atoms with Crippen molar-refractivity contribution in [3.63, 3.8) is 0 Å². The first kappa shape index (κ1) is 12.9. The van der Waals surface area contributed by atoms with Crippen molar-refractivity contribution in [1.82, 2.24) is 14.9 Å². The summed E-state index contributed by atoms with van der Waals surface area (Å²) in [6.07, 6.45) is 0. The van der Waals surface area contributed by atoms with E-state index in [4.69, 9.17) is 0 Å². The van der Waals surface area contributed by atoms with Crippen molar-refractivity contribution in [2.45, 2.75) is 26.3 Å². The van der Waals surface area contributed by atoms with Crippen LogP contribution in [0.15, 0.2) is 18.2 Å². The lowest BCUT2D eigenvalue weighted by Gasteiger charge is -2.27. The van der Waals surface area contributed by atoms with E-state index < -0.39 is 0 Å². The van der Waals surface area contributed by atoms with Gasteiger partial charge in [0.15, 0.2) is 0 Å². The summed E-state index contributed by atoms with van der Waals surface area (Å²) in [5.41, 5.74) is 3.34. The fourth-order valence-electron chi connectivity index (χ4n) is 2.27. The van der Waals surface area contributed by atoms with Gasteiger partial charge >= 0.3 is 0 Å². The number of nitrogens with zero attached hydrogens (tertiary/aromatic N) is 2. The molecule has 0 radical (unpaired) electrons. The van der Waals surface area contributed by atoms with Crippen LogP contribution in [0.5, 0.6) is 0 Å². The van der Waals surface area contributed by atoms with Crippen molar-refractivity contribution in [2.75, 3.05) is 18.9 Å². The first-order valence-electron chi connectivity index (χ1n) is 6.29. The molecule has 4 nitrogen and oxygen atoms in total. The molecule has 1 heterocycles. The Hall–Kier alpha value is -1.55. The number of nitrogens with one attached hydrogen (secondary N) is 2. The summed E-state index contributed by atoms with van der Waals surface area (Å²) in [4.78, 5) is 4.56. The molecule has 0 unspecified atom stereocenters. The topological polar surface area (TPSA) is 41.9 Å². The van der Waals surface area contributed by atoms with E-state index in [-0.39, 0.29) is 5.54 Å². The fourth-order valence-corrected chi connectivity index (χ4v) is 2.27. The minimum absolute atomic E-state index is 0.0201. The number of aromatic nitrogens is 2. The monoisotopic (exact) mass is 246 g/mol. The van der Waals surface area contributed by atoms with E-state index in [1.54, 1.807) is 0 Å².